The molecule has 0 aromatic heterocycles. The normalized spacial score (nSPS) is 13.2. The lowest BCUT2D eigenvalue weighted by Gasteiger charge is -2.30. The minimum atomic E-state index is -0.671. The van der Waals surface area contributed by atoms with Crippen LogP contribution in [0.1, 0.15) is 25.8 Å². The Morgan fingerprint density at radius 2 is 1.85 bits per heavy atom. The molecule has 26 heavy (non-hydrogen) atoms. The Hall–Kier alpha value is -1.73. The molecule has 2 unspecified atom stereocenters. The van der Waals surface area contributed by atoms with Gasteiger partial charge in [0.25, 0.3) is 0 Å². The molecule has 1 aromatic carbocycles. The monoisotopic (exact) mass is 380 g/mol. The van der Waals surface area contributed by atoms with E-state index < -0.39 is 12.1 Å². The maximum absolute atomic E-state index is 12.5. The Balaban J connectivity index is 2.73. The number of hydrogen-bond acceptors (Lipinski definition) is 4. The van der Waals surface area contributed by atoms with Crippen molar-refractivity contribution < 1.29 is 9.59 Å². The second kappa shape index (κ2) is 12.6. The van der Waals surface area contributed by atoms with E-state index in [0.717, 1.165) is 25.3 Å². The summed E-state index contributed by atoms with van der Waals surface area (Å²) in [4.78, 5) is 26.0. The van der Waals surface area contributed by atoms with Gasteiger partial charge < -0.3 is 16.4 Å². The standard InChI is InChI=1S/C19H32N4O2S/c1-4-23(5-2)16(13-15-9-7-6-8-10-15)14-21-18(24)17(11-12-26-3)22-19(20)25/h6-10,16-17H,4-5,11-14H2,1-3H3,(H,21,24)(H3,20,22,25). The molecule has 146 valence electrons. The molecule has 2 atom stereocenters. The van der Waals surface area contributed by atoms with Crippen molar-refractivity contribution in [1.82, 2.24) is 15.5 Å². The number of hydrogen-bond donors (Lipinski definition) is 3. The largest absolute Gasteiger partial charge is 0.353 e. The summed E-state index contributed by atoms with van der Waals surface area (Å²) in [7, 11) is 0. The molecule has 0 aliphatic rings. The highest BCUT2D eigenvalue weighted by atomic mass is 32.2. The number of rotatable bonds is 12. The Morgan fingerprint density at radius 1 is 1.19 bits per heavy atom. The van der Waals surface area contributed by atoms with E-state index in [4.69, 9.17) is 5.73 Å². The predicted molar refractivity (Wildman–Crippen MR) is 109 cm³/mol. The summed E-state index contributed by atoms with van der Waals surface area (Å²) in [6.45, 7) is 6.61. The molecule has 0 saturated carbocycles. The molecule has 0 heterocycles. The van der Waals surface area contributed by atoms with Crippen molar-refractivity contribution >= 4 is 23.7 Å². The van der Waals surface area contributed by atoms with Crippen LogP contribution in [-0.2, 0) is 11.2 Å². The molecule has 0 radical (unpaired) electrons. The summed E-state index contributed by atoms with van der Waals surface area (Å²) < 4.78 is 0. The van der Waals surface area contributed by atoms with Crippen LogP contribution in [0.4, 0.5) is 4.79 Å². The predicted octanol–water partition coefficient (Wildman–Crippen LogP) is 1.85. The van der Waals surface area contributed by atoms with E-state index in [0.29, 0.717) is 13.0 Å². The summed E-state index contributed by atoms with van der Waals surface area (Å²) in [5, 5.41) is 5.55. The van der Waals surface area contributed by atoms with Crippen molar-refractivity contribution in [3.05, 3.63) is 35.9 Å². The van der Waals surface area contributed by atoms with E-state index in [1.54, 1.807) is 11.8 Å². The number of likely N-dealkylation sites (N-methyl/N-ethyl adjacent to an activating group) is 1. The minimum absolute atomic E-state index is 0.178. The second-order valence-corrected chi connectivity index (χ2v) is 7.14. The van der Waals surface area contributed by atoms with Crippen LogP contribution in [0.15, 0.2) is 30.3 Å². The fourth-order valence-electron chi connectivity index (χ4n) is 2.97. The molecule has 1 aromatic rings. The summed E-state index contributed by atoms with van der Waals surface area (Å²) >= 11 is 1.63. The zero-order valence-electron chi connectivity index (χ0n) is 16.0. The van der Waals surface area contributed by atoms with Gasteiger partial charge in [0.1, 0.15) is 6.04 Å². The van der Waals surface area contributed by atoms with Crippen molar-refractivity contribution in [2.75, 3.05) is 31.6 Å². The summed E-state index contributed by atoms with van der Waals surface area (Å²) in [6, 6.07) is 9.22. The second-order valence-electron chi connectivity index (χ2n) is 6.15. The van der Waals surface area contributed by atoms with E-state index in [9.17, 15) is 9.59 Å². The van der Waals surface area contributed by atoms with Crippen molar-refractivity contribution in [2.45, 2.75) is 38.8 Å². The molecule has 4 N–H and O–H groups in total. The van der Waals surface area contributed by atoms with Gasteiger partial charge in [-0.3, -0.25) is 9.69 Å². The zero-order chi connectivity index (χ0) is 19.4. The molecule has 0 bridgehead atoms. The van der Waals surface area contributed by atoms with Crippen molar-refractivity contribution in [3.8, 4) is 0 Å². The molecule has 0 spiro atoms. The van der Waals surface area contributed by atoms with E-state index in [1.165, 1.54) is 5.56 Å². The number of nitrogens with one attached hydrogen (secondary N) is 2. The number of benzene rings is 1. The zero-order valence-corrected chi connectivity index (χ0v) is 16.8. The van der Waals surface area contributed by atoms with Gasteiger partial charge >= 0.3 is 6.03 Å². The number of amides is 3. The highest BCUT2D eigenvalue weighted by Gasteiger charge is 2.22. The summed E-state index contributed by atoms with van der Waals surface area (Å²) in [6.07, 6.45) is 3.39. The number of urea groups is 1. The van der Waals surface area contributed by atoms with Gasteiger partial charge in [-0.05, 0) is 43.5 Å². The van der Waals surface area contributed by atoms with Crippen LogP contribution in [-0.4, -0.2) is 60.6 Å². The molecule has 7 heteroatoms. The third kappa shape index (κ3) is 8.10. The van der Waals surface area contributed by atoms with Gasteiger partial charge in [0.15, 0.2) is 0 Å². The number of thioether (sulfide) groups is 1. The van der Waals surface area contributed by atoms with Gasteiger partial charge in [-0.2, -0.15) is 11.8 Å². The van der Waals surface area contributed by atoms with Crippen LogP contribution in [0.3, 0.4) is 0 Å². The lowest BCUT2D eigenvalue weighted by atomic mass is 10.0. The van der Waals surface area contributed by atoms with Crippen molar-refractivity contribution in [3.63, 3.8) is 0 Å². The average molecular weight is 381 g/mol. The fraction of sp³-hybridized carbons (Fsp3) is 0.579. The molecule has 0 aliphatic heterocycles. The van der Waals surface area contributed by atoms with Crippen molar-refractivity contribution in [1.29, 1.82) is 0 Å². The average Bonchev–Trinajstić information content (AvgIpc) is 2.64. The van der Waals surface area contributed by atoms with Crippen LogP contribution in [0.2, 0.25) is 0 Å². The third-order valence-electron chi connectivity index (χ3n) is 4.40. The Kier molecular flexibility index (Phi) is 10.8. The minimum Gasteiger partial charge on any atom is -0.353 e. The number of primary amides is 1. The first-order chi connectivity index (χ1) is 12.5. The number of carbonyl (C=O) groups is 2. The maximum Gasteiger partial charge on any atom is 0.312 e. The SMILES string of the molecule is CCN(CC)C(CNC(=O)C(CCSC)NC(N)=O)Cc1ccccc1. The van der Waals surface area contributed by atoms with E-state index >= 15 is 0 Å². The van der Waals surface area contributed by atoms with E-state index in [-0.39, 0.29) is 11.9 Å². The maximum atomic E-state index is 12.5. The molecule has 0 saturated heterocycles. The molecule has 0 fully saturated rings. The van der Waals surface area contributed by atoms with Crippen LogP contribution in [0, 0.1) is 0 Å². The van der Waals surface area contributed by atoms with E-state index in [1.807, 2.05) is 24.5 Å². The molecule has 3 amide bonds. The fourth-order valence-corrected chi connectivity index (χ4v) is 3.45. The summed E-state index contributed by atoms with van der Waals surface area (Å²) in [5.41, 5.74) is 6.45. The first-order valence-corrected chi connectivity index (χ1v) is 10.5. The first kappa shape index (κ1) is 22.3. The number of nitrogens with zero attached hydrogens (tertiary/aromatic N) is 1. The Labute approximate surface area is 161 Å². The lowest BCUT2D eigenvalue weighted by Crippen LogP contribution is -2.52. The van der Waals surface area contributed by atoms with Crippen LogP contribution >= 0.6 is 11.8 Å². The van der Waals surface area contributed by atoms with Crippen molar-refractivity contribution in [2.24, 2.45) is 5.73 Å². The molecule has 6 nitrogen and oxygen atoms in total. The molecule has 0 aliphatic carbocycles. The van der Waals surface area contributed by atoms with Crippen LogP contribution in [0.5, 0.6) is 0 Å². The Morgan fingerprint density at radius 3 is 2.38 bits per heavy atom. The van der Waals surface area contributed by atoms with Gasteiger partial charge in [0.2, 0.25) is 5.91 Å². The van der Waals surface area contributed by atoms with Crippen LogP contribution in [0.25, 0.3) is 0 Å². The van der Waals surface area contributed by atoms with Gasteiger partial charge in [-0.1, -0.05) is 44.2 Å². The quantitative estimate of drug-likeness (QED) is 0.516. The number of carbonyl (C=O) groups excluding carboxylic acids is 2. The smallest absolute Gasteiger partial charge is 0.312 e. The highest BCUT2D eigenvalue weighted by Crippen LogP contribution is 2.09. The Bertz CT molecular complexity index is 538. The number of nitrogens with two attached hydrogens (primary N) is 1. The third-order valence-corrected chi connectivity index (χ3v) is 5.04. The lowest BCUT2D eigenvalue weighted by molar-refractivity contribution is -0.123. The molecule has 1 rings (SSSR count). The van der Waals surface area contributed by atoms with E-state index in [2.05, 4.69) is 41.5 Å². The summed E-state index contributed by atoms with van der Waals surface area (Å²) in [5.74, 6) is 0.602. The molecular weight excluding hydrogens is 348 g/mol. The van der Waals surface area contributed by atoms with Gasteiger partial charge in [0.05, 0.1) is 0 Å². The first-order valence-electron chi connectivity index (χ1n) is 9.12. The van der Waals surface area contributed by atoms with Gasteiger partial charge in [-0.15, -0.1) is 0 Å². The van der Waals surface area contributed by atoms with Gasteiger partial charge in [0, 0.05) is 12.6 Å². The van der Waals surface area contributed by atoms with Gasteiger partial charge in [-0.25, -0.2) is 4.79 Å². The molecular formula is C19H32N4O2S. The van der Waals surface area contributed by atoms with Crippen LogP contribution < -0.4 is 16.4 Å². The highest BCUT2D eigenvalue weighted by molar-refractivity contribution is 7.98. The topological polar surface area (TPSA) is 87.5 Å².